The molecular formula is C83H66F5N7O9. The van der Waals surface area contributed by atoms with Crippen molar-refractivity contribution >= 4 is 69.3 Å². The minimum absolute atomic E-state index is 0.0938. The topological polar surface area (TPSA) is 204 Å². The van der Waals surface area contributed by atoms with Crippen LogP contribution in [0.3, 0.4) is 0 Å². The second-order valence-electron chi connectivity index (χ2n) is 26.8. The van der Waals surface area contributed by atoms with E-state index in [1.165, 1.54) is 60.8 Å². The summed E-state index contributed by atoms with van der Waals surface area (Å²) in [6.07, 6.45) is 11.8. The van der Waals surface area contributed by atoms with Crippen molar-refractivity contribution in [2.45, 2.75) is 75.9 Å². The molecule has 16 nitrogen and oxygen atoms in total. The highest BCUT2D eigenvalue weighted by molar-refractivity contribution is 6.07. The number of aromatic carboxylic acids is 3. The average Bonchev–Trinajstić information content (AvgIpc) is 1.59. The highest BCUT2D eigenvalue weighted by atomic mass is 19.1. The first-order chi connectivity index (χ1) is 50.6. The van der Waals surface area contributed by atoms with E-state index in [9.17, 15) is 51.7 Å². The van der Waals surface area contributed by atoms with E-state index < -0.39 is 35.2 Å². The second kappa shape index (κ2) is 28.0. The third-order valence-corrected chi connectivity index (χ3v) is 20.5. The molecule has 4 aromatic heterocycles. The molecule has 6 aliphatic heterocycles. The Morgan fingerprint density at radius 1 is 0.385 bits per heavy atom. The maximum atomic E-state index is 14.8. The van der Waals surface area contributed by atoms with Crippen LogP contribution in [-0.4, -0.2) is 110 Å². The number of aliphatic imine (C=N–C) groups is 3. The lowest BCUT2D eigenvalue weighted by Crippen LogP contribution is -2.17. The van der Waals surface area contributed by atoms with Gasteiger partial charge in [-0.3, -0.25) is 15.0 Å². The summed E-state index contributed by atoms with van der Waals surface area (Å²) in [5.41, 5.74) is 18.7. The predicted octanol–water partition coefficient (Wildman–Crippen LogP) is 17.6. The monoisotopic (exact) mass is 1400 g/mol. The Balaban J connectivity index is 0.000000120. The van der Waals surface area contributed by atoms with Crippen LogP contribution in [0.25, 0.3) is 83.2 Å². The number of fused-ring (bicyclic) bond motifs is 6. The number of aromatic nitrogens is 4. The fraction of sp³-hybridized carbons (Fsp3) is 0.217. The number of hydrogen-bond donors (Lipinski definition) is 3. The highest BCUT2D eigenvalue weighted by Crippen LogP contribution is 2.49. The zero-order valence-electron chi connectivity index (χ0n) is 56.0. The molecule has 104 heavy (non-hydrogen) atoms. The van der Waals surface area contributed by atoms with E-state index in [0.717, 1.165) is 167 Å². The van der Waals surface area contributed by atoms with Crippen LogP contribution < -0.4 is 0 Å². The van der Waals surface area contributed by atoms with E-state index in [2.05, 4.69) is 70.1 Å². The largest absolute Gasteiger partial charge is 0.478 e. The first-order valence-corrected chi connectivity index (χ1v) is 34.5. The molecule has 0 bridgehead atoms. The van der Waals surface area contributed by atoms with Crippen molar-refractivity contribution in [2.24, 2.45) is 15.0 Å². The number of ether oxygens (including phenoxy) is 3. The van der Waals surface area contributed by atoms with Gasteiger partial charge in [-0.05, 0) is 229 Å². The molecule has 12 aromatic rings. The summed E-state index contributed by atoms with van der Waals surface area (Å²) < 4.78 is 94.4. The van der Waals surface area contributed by atoms with Crippen molar-refractivity contribution in [3.8, 4) is 50.4 Å². The van der Waals surface area contributed by atoms with E-state index in [1.807, 2.05) is 24.7 Å². The summed E-state index contributed by atoms with van der Waals surface area (Å²) in [5, 5.41) is 31.4. The van der Waals surface area contributed by atoms with Gasteiger partial charge >= 0.3 is 17.9 Å². The van der Waals surface area contributed by atoms with Crippen molar-refractivity contribution in [2.75, 3.05) is 39.6 Å². The molecule has 6 aliphatic rings. The lowest BCUT2D eigenvalue weighted by molar-refractivity contribution is 0.0677. The van der Waals surface area contributed by atoms with Gasteiger partial charge in [0.25, 0.3) is 0 Å². The van der Waals surface area contributed by atoms with Gasteiger partial charge in [0.05, 0.1) is 47.3 Å². The lowest BCUT2D eigenvalue weighted by Gasteiger charge is -2.26. The number of benzene rings is 8. The van der Waals surface area contributed by atoms with E-state index in [0.29, 0.717) is 70.4 Å². The number of pyridine rings is 1. The Morgan fingerprint density at radius 2 is 0.760 bits per heavy atom. The van der Waals surface area contributed by atoms with Crippen LogP contribution in [0.15, 0.2) is 179 Å². The minimum Gasteiger partial charge on any atom is -0.478 e. The molecule has 10 heterocycles. The summed E-state index contributed by atoms with van der Waals surface area (Å²) in [6, 6.07) is 44.1. The predicted molar refractivity (Wildman–Crippen MR) is 387 cm³/mol. The van der Waals surface area contributed by atoms with Crippen LogP contribution in [0.1, 0.15) is 138 Å². The van der Waals surface area contributed by atoms with Gasteiger partial charge in [0, 0.05) is 155 Å². The Bertz CT molecular complexity index is 5530. The van der Waals surface area contributed by atoms with E-state index in [4.69, 9.17) is 14.2 Å². The zero-order chi connectivity index (χ0) is 71.4. The van der Waals surface area contributed by atoms with Crippen molar-refractivity contribution in [1.82, 2.24) is 18.7 Å². The van der Waals surface area contributed by atoms with Crippen LogP contribution in [0.4, 0.5) is 22.0 Å². The van der Waals surface area contributed by atoms with Crippen molar-refractivity contribution in [3.05, 3.63) is 260 Å². The molecule has 0 saturated carbocycles. The SMILES string of the molecule is O=C(O)c1cc(F)cc(-c2c(C3CCOCC3)n(-c3ccc(F)cc3)c3cc4c(cc23)CN=C4)c1.O=C(O)c1cccc(-c2c(C3CCOCC3)n(-c3ccc(F)cc3)c3cc4c(cc23)CN=C4)c1.O=C(O)c1ncc(-c2c(C3CCOCC3)n(-c3ccc(F)cc3)c3cc4c(cc23)CN=C4)cc1F. The Morgan fingerprint density at radius 3 is 1.13 bits per heavy atom. The molecule has 0 atom stereocenters. The van der Waals surface area contributed by atoms with Gasteiger partial charge in [-0.1, -0.05) is 12.1 Å². The number of carbonyl (C=O) groups is 3. The highest BCUT2D eigenvalue weighted by Gasteiger charge is 2.34. The first-order valence-electron chi connectivity index (χ1n) is 34.5. The minimum atomic E-state index is -1.41. The first kappa shape index (κ1) is 67.0. The summed E-state index contributed by atoms with van der Waals surface area (Å²) in [4.78, 5) is 52.1. The number of halogens is 5. The summed E-state index contributed by atoms with van der Waals surface area (Å²) >= 11 is 0. The maximum absolute atomic E-state index is 14.8. The molecule has 0 unspecified atom stereocenters. The van der Waals surface area contributed by atoms with Crippen LogP contribution in [0.2, 0.25) is 0 Å². The van der Waals surface area contributed by atoms with E-state index >= 15 is 0 Å². The second-order valence-corrected chi connectivity index (χ2v) is 26.8. The molecule has 3 fully saturated rings. The molecule has 522 valence electrons. The standard InChI is InChI=1S/C28H22F2N2O3.C28H23FN2O3.C27H21F2N3O3/c29-21-1-3-23(4-2-21)32-25-13-20-15-31-14-19(20)12-24(25)26(27(32)16-5-7-35-8-6-16)17-9-18(28(33)34)11-22(30)10-17;29-22-4-6-23(7-5-22)31-25-14-21-16-30-15-20(21)13-24(25)26(27(31)17-8-10-34-11-9-17)18-2-1-3-19(12-18)28(32)33;28-19-1-3-20(4-2-19)32-23-11-17-13-30-12-16(17)9-21(23)24(26(32)15-5-7-35-8-6-15)18-10-22(29)25(27(33)34)31-14-18/h1-4,9-13,15-16H,5-8,14H2,(H,33,34);1-7,12-14,16-17H,8-11,15H2,(H,32,33);1-4,9-11,13-15H,5-8,12H2,(H,33,34). The molecule has 0 aliphatic carbocycles. The van der Waals surface area contributed by atoms with Gasteiger partial charge < -0.3 is 43.2 Å². The molecule has 0 amide bonds. The van der Waals surface area contributed by atoms with E-state index in [1.54, 1.807) is 54.6 Å². The Hall–Kier alpha value is -11.5. The van der Waals surface area contributed by atoms with Gasteiger partial charge in [0.15, 0.2) is 11.5 Å². The molecule has 3 saturated heterocycles. The molecule has 21 heteroatoms. The van der Waals surface area contributed by atoms with Crippen LogP contribution in [-0.2, 0) is 33.8 Å². The molecule has 8 aromatic carbocycles. The third-order valence-electron chi connectivity index (χ3n) is 20.5. The molecule has 0 spiro atoms. The van der Waals surface area contributed by atoms with Crippen LogP contribution in [0, 0.1) is 29.1 Å². The van der Waals surface area contributed by atoms with Gasteiger partial charge in [-0.25, -0.2) is 41.3 Å². The Kier molecular flexibility index (Phi) is 18.1. The van der Waals surface area contributed by atoms with Crippen LogP contribution in [0.5, 0.6) is 0 Å². The number of carboxylic acid groups (broad SMARTS) is 3. The van der Waals surface area contributed by atoms with E-state index in [-0.39, 0.29) is 46.3 Å². The lowest BCUT2D eigenvalue weighted by atomic mass is 9.89. The van der Waals surface area contributed by atoms with Crippen LogP contribution >= 0.6 is 0 Å². The number of rotatable bonds is 12. The summed E-state index contributed by atoms with van der Waals surface area (Å²) in [5.74, 6) is -5.58. The molecule has 18 rings (SSSR count). The quantitative estimate of drug-likeness (QED) is 0.0987. The molecule has 0 radical (unpaired) electrons. The van der Waals surface area contributed by atoms with Crippen molar-refractivity contribution < 1.29 is 65.9 Å². The molecule has 3 N–H and O–H groups in total. The maximum Gasteiger partial charge on any atom is 0.357 e. The van der Waals surface area contributed by atoms with Gasteiger partial charge in [-0.2, -0.15) is 0 Å². The number of nitrogens with zero attached hydrogens (tertiary/aromatic N) is 7. The van der Waals surface area contributed by atoms with Gasteiger partial charge in [-0.15, -0.1) is 0 Å². The fourth-order valence-corrected chi connectivity index (χ4v) is 15.7. The van der Waals surface area contributed by atoms with Crippen molar-refractivity contribution in [3.63, 3.8) is 0 Å². The molecular weight excluding hydrogens is 1330 g/mol. The normalized spacial score (nSPS) is 15.6. The zero-order valence-corrected chi connectivity index (χ0v) is 56.0. The average molecular weight is 1400 g/mol. The number of hydrogen-bond acceptors (Lipinski definition) is 10. The summed E-state index contributed by atoms with van der Waals surface area (Å²) in [6.45, 7) is 5.50. The Labute approximate surface area is 592 Å². The smallest absolute Gasteiger partial charge is 0.357 e. The van der Waals surface area contributed by atoms with Crippen molar-refractivity contribution in [1.29, 1.82) is 0 Å². The number of carboxylic acids is 3. The fourth-order valence-electron chi connectivity index (χ4n) is 15.7. The third kappa shape index (κ3) is 12.6. The van der Waals surface area contributed by atoms with Gasteiger partial charge in [0.1, 0.15) is 23.3 Å². The van der Waals surface area contributed by atoms with Gasteiger partial charge in [0.2, 0.25) is 0 Å². The summed E-state index contributed by atoms with van der Waals surface area (Å²) in [7, 11) is 0.